The van der Waals surface area contributed by atoms with E-state index in [9.17, 15) is 4.79 Å². The van der Waals surface area contributed by atoms with Crippen LogP contribution in [0, 0.1) is 0 Å². The van der Waals surface area contributed by atoms with Crippen LogP contribution in [0.2, 0.25) is 0 Å². The van der Waals surface area contributed by atoms with Crippen LogP contribution in [0.15, 0.2) is 28.7 Å². The van der Waals surface area contributed by atoms with Crippen LogP contribution >= 0.6 is 15.9 Å². The maximum Gasteiger partial charge on any atom is 0.407 e. The van der Waals surface area contributed by atoms with Gasteiger partial charge in [0.1, 0.15) is 5.60 Å². The standard InChI is InChI=1S/C16H23BrN2O2/c1-16(2,3)21-15(20)18-14-7-8-19(11-14)10-12-5-4-6-13(17)9-12/h4-6,9,14H,7-8,10-11H2,1-3H3,(H,18,20). The Morgan fingerprint density at radius 1 is 1.48 bits per heavy atom. The van der Waals surface area contributed by atoms with Crippen molar-refractivity contribution in [3.05, 3.63) is 34.3 Å². The summed E-state index contributed by atoms with van der Waals surface area (Å²) in [5.41, 5.74) is 0.834. The van der Waals surface area contributed by atoms with E-state index in [1.165, 1.54) is 5.56 Å². The Morgan fingerprint density at radius 3 is 2.90 bits per heavy atom. The topological polar surface area (TPSA) is 41.6 Å². The van der Waals surface area contributed by atoms with E-state index in [4.69, 9.17) is 4.74 Å². The lowest BCUT2D eigenvalue weighted by Gasteiger charge is -2.22. The van der Waals surface area contributed by atoms with E-state index in [1.54, 1.807) is 0 Å². The molecule has 1 fully saturated rings. The largest absolute Gasteiger partial charge is 0.444 e. The van der Waals surface area contributed by atoms with Crippen LogP contribution in [-0.2, 0) is 11.3 Å². The maximum absolute atomic E-state index is 11.8. The number of halogens is 1. The third-order valence-electron chi connectivity index (χ3n) is 3.29. The molecule has 2 rings (SSSR count). The number of hydrogen-bond donors (Lipinski definition) is 1. The first-order valence-corrected chi connectivity index (χ1v) is 8.07. The zero-order chi connectivity index (χ0) is 15.5. The summed E-state index contributed by atoms with van der Waals surface area (Å²) in [5, 5.41) is 2.95. The molecule has 0 radical (unpaired) electrons. The van der Waals surface area contributed by atoms with Gasteiger partial charge < -0.3 is 10.1 Å². The lowest BCUT2D eigenvalue weighted by molar-refractivity contribution is 0.0506. The minimum atomic E-state index is -0.446. The average molecular weight is 355 g/mol. The van der Waals surface area contributed by atoms with Crippen molar-refractivity contribution in [1.82, 2.24) is 10.2 Å². The first-order chi connectivity index (χ1) is 9.82. The Morgan fingerprint density at radius 2 is 2.24 bits per heavy atom. The summed E-state index contributed by atoms with van der Waals surface area (Å²) in [7, 11) is 0. The molecule has 1 aliphatic heterocycles. The van der Waals surface area contributed by atoms with Gasteiger partial charge in [0.25, 0.3) is 0 Å². The fraction of sp³-hybridized carbons (Fsp3) is 0.562. The summed E-state index contributed by atoms with van der Waals surface area (Å²) in [6, 6.07) is 8.51. The number of alkyl carbamates (subject to hydrolysis) is 1. The molecule has 1 amide bonds. The first kappa shape index (κ1) is 16.3. The summed E-state index contributed by atoms with van der Waals surface area (Å²) in [5.74, 6) is 0. The van der Waals surface area contributed by atoms with Crippen molar-refractivity contribution in [3.8, 4) is 0 Å². The third kappa shape index (κ3) is 5.67. The van der Waals surface area contributed by atoms with Crippen molar-refractivity contribution in [2.45, 2.75) is 45.4 Å². The molecule has 0 bridgehead atoms. The van der Waals surface area contributed by atoms with Crippen molar-refractivity contribution in [2.24, 2.45) is 0 Å². The van der Waals surface area contributed by atoms with Gasteiger partial charge in [-0.05, 0) is 44.9 Å². The minimum Gasteiger partial charge on any atom is -0.444 e. The molecule has 0 saturated carbocycles. The maximum atomic E-state index is 11.8. The molecular weight excluding hydrogens is 332 g/mol. The second-order valence-corrected chi connectivity index (χ2v) is 7.41. The number of nitrogens with one attached hydrogen (secondary N) is 1. The molecule has 1 unspecified atom stereocenters. The van der Waals surface area contributed by atoms with Gasteiger partial charge in [-0.2, -0.15) is 0 Å². The van der Waals surface area contributed by atoms with Crippen molar-refractivity contribution < 1.29 is 9.53 Å². The number of carbonyl (C=O) groups excluding carboxylic acids is 1. The van der Waals surface area contributed by atoms with E-state index in [0.29, 0.717) is 0 Å². The lowest BCUT2D eigenvalue weighted by Crippen LogP contribution is -2.40. The smallest absolute Gasteiger partial charge is 0.407 e. The number of nitrogens with zero attached hydrogens (tertiary/aromatic N) is 1. The fourth-order valence-electron chi connectivity index (χ4n) is 2.46. The molecule has 1 saturated heterocycles. The van der Waals surface area contributed by atoms with Gasteiger partial charge >= 0.3 is 6.09 Å². The molecule has 4 nitrogen and oxygen atoms in total. The van der Waals surface area contributed by atoms with E-state index < -0.39 is 5.60 Å². The van der Waals surface area contributed by atoms with Crippen LogP contribution < -0.4 is 5.32 Å². The van der Waals surface area contributed by atoms with Crippen LogP contribution in [0.25, 0.3) is 0 Å². The van der Waals surface area contributed by atoms with Crippen LogP contribution in [0.3, 0.4) is 0 Å². The van der Waals surface area contributed by atoms with Gasteiger partial charge in [0, 0.05) is 30.1 Å². The Hall–Kier alpha value is -1.07. The van der Waals surface area contributed by atoms with Gasteiger partial charge in [-0.1, -0.05) is 28.1 Å². The van der Waals surface area contributed by atoms with E-state index in [-0.39, 0.29) is 12.1 Å². The number of benzene rings is 1. The predicted molar refractivity (Wildman–Crippen MR) is 87.2 cm³/mol. The van der Waals surface area contributed by atoms with E-state index in [1.807, 2.05) is 32.9 Å². The van der Waals surface area contributed by atoms with Crippen LogP contribution in [-0.4, -0.2) is 35.7 Å². The molecule has 5 heteroatoms. The van der Waals surface area contributed by atoms with Gasteiger partial charge in [0.05, 0.1) is 0 Å². The molecule has 1 aromatic rings. The van der Waals surface area contributed by atoms with E-state index >= 15 is 0 Å². The average Bonchev–Trinajstić information content (AvgIpc) is 2.73. The number of carbonyl (C=O) groups is 1. The molecule has 1 aliphatic rings. The fourth-order valence-corrected chi connectivity index (χ4v) is 2.91. The number of hydrogen-bond acceptors (Lipinski definition) is 3. The minimum absolute atomic E-state index is 0.173. The molecule has 1 N–H and O–H groups in total. The van der Waals surface area contributed by atoms with Crippen LogP contribution in [0.1, 0.15) is 32.8 Å². The van der Waals surface area contributed by atoms with Gasteiger partial charge in [0.15, 0.2) is 0 Å². The molecule has 0 aromatic heterocycles. The molecule has 1 atom stereocenters. The van der Waals surface area contributed by atoms with E-state index in [2.05, 4.69) is 38.3 Å². The molecule has 1 heterocycles. The van der Waals surface area contributed by atoms with Gasteiger partial charge in [-0.25, -0.2) is 4.79 Å². The predicted octanol–water partition coefficient (Wildman–Crippen LogP) is 3.55. The summed E-state index contributed by atoms with van der Waals surface area (Å²) in [6.07, 6.45) is 0.643. The highest BCUT2D eigenvalue weighted by Gasteiger charge is 2.26. The number of amides is 1. The Kier molecular flexibility index (Phi) is 5.27. The molecule has 116 valence electrons. The number of ether oxygens (including phenoxy) is 1. The SMILES string of the molecule is CC(C)(C)OC(=O)NC1CCN(Cc2cccc(Br)c2)C1. The molecular formula is C16H23BrN2O2. The summed E-state index contributed by atoms with van der Waals surface area (Å²) >= 11 is 3.49. The zero-order valence-electron chi connectivity index (χ0n) is 12.9. The highest BCUT2D eigenvalue weighted by molar-refractivity contribution is 9.10. The third-order valence-corrected chi connectivity index (χ3v) is 3.78. The Bertz CT molecular complexity index is 499. The number of likely N-dealkylation sites (tertiary alicyclic amines) is 1. The monoisotopic (exact) mass is 354 g/mol. The summed E-state index contributed by atoms with van der Waals surface area (Å²) in [6.45, 7) is 8.40. The molecule has 0 aliphatic carbocycles. The highest BCUT2D eigenvalue weighted by atomic mass is 79.9. The normalized spacial score (nSPS) is 19.5. The van der Waals surface area contributed by atoms with Crippen LogP contribution in [0.5, 0.6) is 0 Å². The Balaban J connectivity index is 1.80. The second kappa shape index (κ2) is 6.79. The molecule has 1 aromatic carbocycles. The van der Waals surface area contributed by atoms with Crippen LogP contribution in [0.4, 0.5) is 4.79 Å². The number of rotatable bonds is 3. The van der Waals surface area contributed by atoms with Crippen molar-refractivity contribution in [2.75, 3.05) is 13.1 Å². The molecule has 21 heavy (non-hydrogen) atoms. The lowest BCUT2D eigenvalue weighted by atomic mass is 10.2. The zero-order valence-corrected chi connectivity index (χ0v) is 14.4. The van der Waals surface area contributed by atoms with Gasteiger partial charge in [-0.3, -0.25) is 4.90 Å². The highest BCUT2D eigenvalue weighted by Crippen LogP contribution is 2.17. The van der Waals surface area contributed by atoms with Gasteiger partial charge in [-0.15, -0.1) is 0 Å². The van der Waals surface area contributed by atoms with Crippen molar-refractivity contribution in [3.63, 3.8) is 0 Å². The second-order valence-electron chi connectivity index (χ2n) is 6.50. The van der Waals surface area contributed by atoms with Crippen molar-refractivity contribution in [1.29, 1.82) is 0 Å². The summed E-state index contributed by atoms with van der Waals surface area (Å²) < 4.78 is 6.39. The first-order valence-electron chi connectivity index (χ1n) is 7.28. The quantitative estimate of drug-likeness (QED) is 0.902. The summed E-state index contributed by atoms with van der Waals surface area (Å²) in [4.78, 5) is 14.1. The Labute approximate surface area is 135 Å². The van der Waals surface area contributed by atoms with Gasteiger partial charge in [0.2, 0.25) is 0 Å². The van der Waals surface area contributed by atoms with Crippen molar-refractivity contribution >= 4 is 22.0 Å². The van der Waals surface area contributed by atoms with E-state index in [0.717, 1.165) is 30.5 Å². The molecule has 0 spiro atoms.